The molecule has 0 saturated carbocycles. The Morgan fingerprint density at radius 3 is 2.60 bits per heavy atom. The lowest BCUT2D eigenvalue weighted by molar-refractivity contribution is 0.0486. The van der Waals surface area contributed by atoms with Gasteiger partial charge in [0.15, 0.2) is 0 Å². The minimum absolute atomic E-state index is 0.118. The molecule has 3 heterocycles. The molecular weight excluding hydrogens is 460 g/mol. The minimum atomic E-state index is -0.248. The second kappa shape index (κ2) is 10.1. The van der Waals surface area contributed by atoms with Crippen LogP contribution in [0, 0.1) is 6.92 Å². The molecule has 1 aliphatic rings. The van der Waals surface area contributed by atoms with Gasteiger partial charge in [-0.2, -0.15) is 4.98 Å². The van der Waals surface area contributed by atoms with Crippen LogP contribution in [-0.2, 0) is 16.6 Å². The Labute approximate surface area is 208 Å². The molecule has 1 amide bonds. The molecule has 0 bridgehead atoms. The molecule has 1 aliphatic heterocycles. The van der Waals surface area contributed by atoms with Gasteiger partial charge in [0.25, 0.3) is 5.91 Å². The van der Waals surface area contributed by atoms with E-state index >= 15 is 0 Å². The number of thiazole rings is 1. The molecule has 0 unspecified atom stereocenters. The van der Waals surface area contributed by atoms with E-state index in [2.05, 4.69) is 39.9 Å². The summed E-state index contributed by atoms with van der Waals surface area (Å²) in [6.07, 6.45) is 2.43. The number of aromatic nitrogens is 3. The lowest BCUT2D eigenvalue weighted by atomic mass is 9.80. The van der Waals surface area contributed by atoms with Gasteiger partial charge in [0, 0.05) is 54.2 Å². The van der Waals surface area contributed by atoms with E-state index in [0.29, 0.717) is 37.0 Å². The topological polar surface area (TPSA) is 90.1 Å². The van der Waals surface area contributed by atoms with Crippen molar-refractivity contribution in [1.29, 1.82) is 0 Å². The Bertz CT molecular complexity index is 1310. The Morgan fingerprint density at radius 1 is 1.09 bits per heavy atom. The van der Waals surface area contributed by atoms with Gasteiger partial charge in [0.05, 0.1) is 5.69 Å². The van der Waals surface area contributed by atoms with E-state index in [9.17, 15) is 4.79 Å². The van der Waals surface area contributed by atoms with Gasteiger partial charge in [-0.3, -0.25) is 4.79 Å². The molecule has 1 saturated heterocycles. The maximum atomic E-state index is 13.3. The van der Waals surface area contributed by atoms with Crippen molar-refractivity contribution in [3.8, 4) is 22.6 Å². The molecule has 1 fully saturated rings. The molecule has 5 rings (SSSR count). The number of hydrogen-bond donors (Lipinski definition) is 1. The highest BCUT2D eigenvalue weighted by Gasteiger charge is 2.38. The van der Waals surface area contributed by atoms with Crippen molar-refractivity contribution < 1.29 is 14.1 Å². The molecule has 0 aliphatic carbocycles. The highest BCUT2D eigenvalue weighted by Crippen LogP contribution is 2.38. The summed E-state index contributed by atoms with van der Waals surface area (Å²) in [6.45, 7) is 5.63. The van der Waals surface area contributed by atoms with Crippen molar-refractivity contribution in [2.24, 2.45) is 0 Å². The van der Waals surface area contributed by atoms with Gasteiger partial charge in [-0.1, -0.05) is 42.4 Å². The third-order valence-corrected chi connectivity index (χ3v) is 7.60. The third-order valence-electron chi connectivity index (χ3n) is 6.51. The van der Waals surface area contributed by atoms with Gasteiger partial charge in [-0.15, -0.1) is 11.3 Å². The number of carbonyl (C=O) groups excluding carboxylic acids is 1. The lowest BCUT2D eigenvalue weighted by Crippen LogP contribution is -2.44. The minimum Gasteiger partial charge on any atom is -0.381 e. The van der Waals surface area contributed by atoms with Crippen LogP contribution in [0.3, 0.4) is 0 Å². The van der Waals surface area contributed by atoms with Gasteiger partial charge in [0.2, 0.25) is 11.7 Å². The number of rotatable bonds is 7. The number of nitrogens with zero attached hydrogens (tertiary/aromatic N) is 3. The van der Waals surface area contributed by atoms with E-state index in [4.69, 9.17) is 14.2 Å². The predicted molar refractivity (Wildman–Crippen MR) is 135 cm³/mol. The Morgan fingerprint density at radius 2 is 1.89 bits per heavy atom. The Kier molecular flexibility index (Phi) is 6.74. The predicted octanol–water partition coefficient (Wildman–Crippen LogP) is 5.21. The SMILES string of the molecule is CCc1cc(C(=O)NCC2(c3nc(-c4ccccc4)cs3)CCOCC2)cc(-c2noc(C)n2)c1. The second-order valence-corrected chi connectivity index (χ2v) is 9.75. The van der Waals surface area contributed by atoms with Crippen molar-refractivity contribution in [1.82, 2.24) is 20.4 Å². The molecule has 180 valence electrons. The Balaban J connectivity index is 1.38. The molecule has 2 aromatic carbocycles. The first-order chi connectivity index (χ1) is 17.1. The van der Waals surface area contributed by atoms with E-state index < -0.39 is 0 Å². The van der Waals surface area contributed by atoms with Crippen molar-refractivity contribution in [3.63, 3.8) is 0 Å². The van der Waals surface area contributed by atoms with Crippen molar-refractivity contribution in [2.75, 3.05) is 19.8 Å². The molecule has 4 aromatic rings. The van der Waals surface area contributed by atoms with Crippen LogP contribution in [0.1, 0.15) is 46.6 Å². The fourth-order valence-corrected chi connectivity index (χ4v) is 5.50. The summed E-state index contributed by atoms with van der Waals surface area (Å²) in [4.78, 5) is 22.6. The first-order valence-corrected chi connectivity index (χ1v) is 12.8. The van der Waals surface area contributed by atoms with Crippen LogP contribution in [0.2, 0.25) is 0 Å². The first kappa shape index (κ1) is 23.4. The highest BCUT2D eigenvalue weighted by molar-refractivity contribution is 7.10. The van der Waals surface area contributed by atoms with E-state index in [0.717, 1.165) is 46.7 Å². The smallest absolute Gasteiger partial charge is 0.251 e. The van der Waals surface area contributed by atoms with Crippen molar-refractivity contribution >= 4 is 17.2 Å². The molecule has 1 N–H and O–H groups in total. The van der Waals surface area contributed by atoms with Crippen molar-refractivity contribution in [3.05, 3.63) is 75.9 Å². The number of nitrogens with one attached hydrogen (secondary N) is 1. The van der Waals surface area contributed by atoms with Gasteiger partial charge in [-0.05, 0) is 43.0 Å². The average molecular weight is 489 g/mol. The normalized spacial score (nSPS) is 15.1. The van der Waals surface area contributed by atoms with Crippen LogP contribution in [0.15, 0.2) is 58.4 Å². The van der Waals surface area contributed by atoms with Crippen LogP contribution in [0.4, 0.5) is 0 Å². The molecule has 2 aromatic heterocycles. The summed E-state index contributed by atoms with van der Waals surface area (Å²) in [6, 6.07) is 15.9. The molecular formula is C27H28N4O3S. The van der Waals surface area contributed by atoms with Crippen molar-refractivity contribution in [2.45, 2.75) is 38.5 Å². The summed E-state index contributed by atoms with van der Waals surface area (Å²) in [5.74, 6) is 0.865. The maximum absolute atomic E-state index is 13.3. The summed E-state index contributed by atoms with van der Waals surface area (Å²) < 4.78 is 10.8. The molecule has 8 heteroatoms. The van der Waals surface area contributed by atoms with Crippen LogP contribution in [0.25, 0.3) is 22.6 Å². The maximum Gasteiger partial charge on any atom is 0.251 e. The number of aryl methyl sites for hydroxylation is 2. The number of benzene rings is 2. The van der Waals surface area contributed by atoms with Crippen LogP contribution in [-0.4, -0.2) is 40.8 Å². The third kappa shape index (κ3) is 5.04. The fraction of sp³-hybridized carbons (Fsp3) is 0.333. The summed E-state index contributed by atoms with van der Waals surface area (Å²) >= 11 is 1.66. The van der Waals surface area contributed by atoms with Crippen LogP contribution >= 0.6 is 11.3 Å². The number of carbonyl (C=O) groups is 1. The molecule has 0 radical (unpaired) electrons. The number of hydrogen-bond acceptors (Lipinski definition) is 7. The molecule has 35 heavy (non-hydrogen) atoms. The average Bonchev–Trinajstić information content (AvgIpc) is 3.58. The molecule has 7 nitrogen and oxygen atoms in total. The summed E-state index contributed by atoms with van der Waals surface area (Å²) in [5, 5.41) is 10.4. The largest absolute Gasteiger partial charge is 0.381 e. The van der Waals surface area contributed by atoms with E-state index in [-0.39, 0.29) is 11.3 Å². The molecule has 0 atom stereocenters. The van der Waals surface area contributed by atoms with Gasteiger partial charge in [0.1, 0.15) is 5.01 Å². The van der Waals surface area contributed by atoms with Gasteiger partial charge < -0.3 is 14.6 Å². The standard InChI is InChI=1S/C27H28N4O3S/c1-3-19-13-21(24-29-18(2)34-31-24)15-22(14-19)25(32)28-17-27(9-11-33-12-10-27)26-30-23(16-35-26)20-7-5-4-6-8-20/h4-8,13-16H,3,9-12,17H2,1-2H3,(H,28,32). The van der Waals surface area contributed by atoms with Gasteiger partial charge >= 0.3 is 0 Å². The lowest BCUT2D eigenvalue weighted by Gasteiger charge is -2.35. The summed E-state index contributed by atoms with van der Waals surface area (Å²) in [5.41, 5.74) is 4.23. The van der Waals surface area contributed by atoms with Gasteiger partial charge in [-0.25, -0.2) is 4.98 Å². The van der Waals surface area contributed by atoms with E-state index in [1.807, 2.05) is 36.4 Å². The highest BCUT2D eigenvalue weighted by atomic mass is 32.1. The Hall–Kier alpha value is -3.36. The van der Waals surface area contributed by atoms with Crippen LogP contribution in [0.5, 0.6) is 0 Å². The molecule has 0 spiro atoms. The first-order valence-electron chi connectivity index (χ1n) is 11.9. The zero-order chi connectivity index (χ0) is 24.3. The number of ether oxygens (including phenoxy) is 1. The number of amides is 1. The van der Waals surface area contributed by atoms with Crippen LogP contribution < -0.4 is 5.32 Å². The van der Waals surface area contributed by atoms with E-state index in [1.54, 1.807) is 18.3 Å². The fourth-order valence-electron chi connectivity index (χ4n) is 4.41. The summed E-state index contributed by atoms with van der Waals surface area (Å²) in [7, 11) is 0. The monoisotopic (exact) mass is 488 g/mol. The quantitative estimate of drug-likeness (QED) is 0.384. The zero-order valence-corrected chi connectivity index (χ0v) is 20.7. The van der Waals surface area contributed by atoms with E-state index in [1.165, 1.54) is 0 Å². The second-order valence-electron chi connectivity index (χ2n) is 8.89. The zero-order valence-electron chi connectivity index (χ0n) is 19.9.